The second kappa shape index (κ2) is 10.5. The first-order chi connectivity index (χ1) is 16.8. The minimum absolute atomic E-state index is 0.136. The van der Waals surface area contributed by atoms with E-state index in [4.69, 9.17) is 9.47 Å². The lowest BCUT2D eigenvalue weighted by atomic mass is 10.2. The van der Waals surface area contributed by atoms with Crippen molar-refractivity contribution in [2.75, 3.05) is 7.11 Å². The number of hydrogen-bond donors (Lipinski definition) is 0. The maximum atomic E-state index is 13.1. The number of benzene rings is 2. The van der Waals surface area contributed by atoms with Gasteiger partial charge in [-0.2, -0.15) is 9.78 Å². The van der Waals surface area contributed by atoms with Crippen LogP contribution in [-0.4, -0.2) is 32.9 Å². The van der Waals surface area contributed by atoms with Gasteiger partial charge in [-0.15, -0.1) is 0 Å². The Morgan fingerprint density at radius 2 is 2.06 bits per heavy atom. The summed E-state index contributed by atoms with van der Waals surface area (Å²) in [6.07, 6.45) is 3.19. The fourth-order valence-corrected chi connectivity index (χ4v) is 4.32. The number of nitrogens with zero attached hydrogens (tertiary/aromatic N) is 5. The van der Waals surface area contributed by atoms with Gasteiger partial charge in [0.25, 0.3) is 11.2 Å². The highest BCUT2D eigenvalue weighted by molar-refractivity contribution is 14.1. The molecule has 4 aromatic rings. The average Bonchev–Trinajstić information content (AvgIpc) is 2.85. The fourth-order valence-electron chi connectivity index (χ4n) is 3.23. The van der Waals surface area contributed by atoms with E-state index in [0.29, 0.717) is 43.8 Å². The van der Waals surface area contributed by atoms with Crippen LogP contribution in [0, 0.1) is 13.7 Å². The van der Waals surface area contributed by atoms with Gasteiger partial charge in [0.15, 0.2) is 11.5 Å². The van der Waals surface area contributed by atoms with Crippen molar-refractivity contribution in [2.24, 2.45) is 5.10 Å². The van der Waals surface area contributed by atoms with Crippen LogP contribution in [0.15, 0.2) is 63.0 Å². The molecule has 0 amide bonds. The molecule has 2 aromatic heterocycles. The number of methoxy groups -OCH3 is 1. The monoisotopic (exact) mass is 649 g/mol. The summed E-state index contributed by atoms with van der Waals surface area (Å²) in [6, 6.07) is 11.6. The lowest BCUT2D eigenvalue weighted by Crippen LogP contribution is -2.22. The molecule has 0 unspecified atom stereocenters. The first kappa shape index (κ1) is 24.7. The number of aromatic nitrogens is 3. The Morgan fingerprint density at radius 1 is 1.26 bits per heavy atom. The summed E-state index contributed by atoms with van der Waals surface area (Å²) >= 11 is 5.47. The fraction of sp³-hybridized carbons (Fsp3) is 0.130. The molecule has 178 valence electrons. The van der Waals surface area contributed by atoms with Crippen molar-refractivity contribution in [1.29, 1.82) is 0 Å². The molecule has 0 fully saturated rings. The van der Waals surface area contributed by atoms with E-state index >= 15 is 0 Å². The second-order valence-corrected chi connectivity index (χ2v) is 9.23. The SMILES string of the molecule is CCc1nc2ccc(Br)cc2c(=O)n1N=Cc1cc(I)c(Oc2ccc([N+](=O)[O-])cn2)c(OC)c1. The maximum absolute atomic E-state index is 13.1. The van der Waals surface area contributed by atoms with E-state index in [1.54, 1.807) is 30.5 Å². The largest absolute Gasteiger partial charge is 0.493 e. The van der Waals surface area contributed by atoms with Gasteiger partial charge < -0.3 is 9.47 Å². The molecule has 0 N–H and O–H groups in total. The number of hydrogen-bond acceptors (Lipinski definition) is 8. The standard InChI is InChI=1S/C23H17BrIN5O5/c1-3-20-28-18-6-4-14(24)10-16(18)23(31)29(20)27-11-13-8-17(25)22(19(9-13)34-2)35-21-7-5-15(12-26-21)30(32)33/h4-12H,3H2,1-2H3. The van der Waals surface area contributed by atoms with Crippen molar-refractivity contribution in [3.8, 4) is 17.4 Å². The zero-order valence-corrected chi connectivity index (χ0v) is 22.2. The molecule has 0 atom stereocenters. The summed E-state index contributed by atoms with van der Waals surface area (Å²) < 4.78 is 14.1. The summed E-state index contributed by atoms with van der Waals surface area (Å²) in [7, 11) is 1.49. The Hall–Kier alpha value is -3.39. The molecule has 0 aliphatic heterocycles. The summed E-state index contributed by atoms with van der Waals surface area (Å²) in [4.78, 5) is 31.9. The molecular weight excluding hydrogens is 633 g/mol. The summed E-state index contributed by atoms with van der Waals surface area (Å²) in [6.45, 7) is 1.91. The van der Waals surface area contributed by atoms with E-state index in [2.05, 4.69) is 53.6 Å². The Morgan fingerprint density at radius 3 is 2.71 bits per heavy atom. The Labute approximate surface area is 221 Å². The molecule has 0 aliphatic rings. The van der Waals surface area contributed by atoms with E-state index in [1.165, 1.54) is 23.9 Å². The van der Waals surface area contributed by atoms with E-state index in [1.807, 2.05) is 13.0 Å². The lowest BCUT2D eigenvalue weighted by molar-refractivity contribution is -0.385. The minimum atomic E-state index is -0.533. The molecule has 0 aliphatic carbocycles. The number of fused-ring (bicyclic) bond motifs is 1. The lowest BCUT2D eigenvalue weighted by Gasteiger charge is -2.12. The third-order valence-corrected chi connectivity index (χ3v) is 6.20. The van der Waals surface area contributed by atoms with Gasteiger partial charge in [-0.25, -0.2) is 9.97 Å². The van der Waals surface area contributed by atoms with Crippen LogP contribution < -0.4 is 15.0 Å². The zero-order valence-electron chi connectivity index (χ0n) is 18.4. The van der Waals surface area contributed by atoms with Crippen molar-refractivity contribution < 1.29 is 14.4 Å². The van der Waals surface area contributed by atoms with Crippen LogP contribution in [-0.2, 0) is 6.42 Å². The Bertz CT molecular complexity index is 1520. The number of ether oxygens (including phenoxy) is 2. The second-order valence-electron chi connectivity index (χ2n) is 7.15. The van der Waals surface area contributed by atoms with Crippen molar-refractivity contribution in [3.63, 3.8) is 0 Å². The van der Waals surface area contributed by atoms with Crippen LogP contribution in [0.1, 0.15) is 18.3 Å². The van der Waals surface area contributed by atoms with E-state index < -0.39 is 4.92 Å². The molecule has 35 heavy (non-hydrogen) atoms. The van der Waals surface area contributed by atoms with Crippen LogP contribution >= 0.6 is 38.5 Å². The highest BCUT2D eigenvalue weighted by atomic mass is 127. The molecule has 0 radical (unpaired) electrons. The molecule has 10 nitrogen and oxygen atoms in total. The molecule has 0 saturated carbocycles. The normalized spacial score (nSPS) is 11.2. The van der Waals surface area contributed by atoms with Crippen molar-refractivity contribution in [1.82, 2.24) is 14.6 Å². The van der Waals surface area contributed by atoms with Gasteiger partial charge in [0.05, 0.1) is 32.7 Å². The Balaban J connectivity index is 1.69. The van der Waals surface area contributed by atoms with Gasteiger partial charge in [0.2, 0.25) is 5.88 Å². The molecule has 4 rings (SSSR count). The molecule has 0 saturated heterocycles. The quantitative estimate of drug-likeness (QED) is 0.115. The van der Waals surface area contributed by atoms with Crippen molar-refractivity contribution in [2.45, 2.75) is 13.3 Å². The number of nitro groups is 1. The average molecular weight is 650 g/mol. The van der Waals surface area contributed by atoms with E-state index in [9.17, 15) is 14.9 Å². The van der Waals surface area contributed by atoms with E-state index in [0.717, 1.165) is 10.7 Å². The smallest absolute Gasteiger partial charge is 0.287 e. The molecule has 0 spiro atoms. The summed E-state index contributed by atoms with van der Waals surface area (Å²) in [5.41, 5.74) is 0.871. The molecule has 2 aromatic carbocycles. The molecular formula is C23H17BrIN5O5. The molecule has 2 heterocycles. The third-order valence-electron chi connectivity index (χ3n) is 4.90. The topological polar surface area (TPSA) is 122 Å². The Kier molecular flexibility index (Phi) is 7.40. The van der Waals surface area contributed by atoms with Crippen molar-refractivity contribution in [3.05, 3.63) is 88.6 Å². The first-order valence-electron chi connectivity index (χ1n) is 10.2. The first-order valence-corrected chi connectivity index (χ1v) is 12.1. The highest BCUT2D eigenvalue weighted by Crippen LogP contribution is 2.36. The van der Waals surface area contributed by atoms with Crippen LogP contribution in [0.3, 0.4) is 0 Å². The number of pyridine rings is 1. The summed E-state index contributed by atoms with van der Waals surface area (Å²) in [5.74, 6) is 1.52. The van der Waals surface area contributed by atoms with Crippen LogP contribution in [0.25, 0.3) is 10.9 Å². The molecule has 0 bridgehead atoms. The van der Waals surface area contributed by atoms with Gasteiger partial charge in [-0.1, -0.05) is 22.9 Å². The number of halogens is 2. The van der Waals surface area contributed by atoms with Gasteiger partial charge in [-0.3, -0.25) is 14.9 Å². The summed E-state index contributed by atoms with van der Waals surface area (Å²) in [5, 5.41) is 15.7. The highest BCUT2D eigenvalue weighted by Gasteiger charge is 2.15. The zero-order chi connectivity index (χ0) is 25.1. The maximum Gasteiger partial charge on any atom is 0.287 e. The number of rotatable bonds is 7. The predicted molar refractivity (Wildman–Crippen MR) is 143 cm³/mol. The molecule has 12 heteroatoms. The van der Waals surface area contributed by atoms with Crippen LogP contribution in [0.2, 0.25) is 0 Å². The van der Waals surface area contributed by atoms with Crippen LogP contribution in [0.5, 0.6) is 17.4 Å². The van der Waals surface area contributed by atoms with Crippen LogP contribution in [0.4, 0.5) is 5.69 Å². The van der Waals surface area contributed by atoms with E-state index in [-0.39, 0.29) is 17.1 Å². The van der Waals surface area contributed by atoms with Crippen molar-refractivity contribution >= 4 is 61.3 Å². The third kappa shape index (κ3) is 5.32. The van der Waals surface area contributed by atoms with Gasteiger partial charge in [0.1, 0.15) is 12.0 Å². The van der Waals surface area contributed by atoms with Gasteiger partial charge in [-0.05, 0) is 58.5 Å². The minimum Gasteiger partial charge on any atom is -0.493 e. The number of aryl methyl sites for hydroxylation is 1. The van der Waals surface area contributed by atoms with Gasteiger partial charge in [0, 0.05) is 23.0 Å². The van der Waals surface area contributed by atoms with Gasteiger partial charge >= 0.3 is 0 Å². The predicted octanol–water partition coefficient (Wildman–Crippen LogP) is 5.31.